The number of carbonyl (C=O) groups excluding carboxylic acids is 1. The summed E-state index contributed by atoms with van der Waals surface area (Å²) < 4.78 is 24.4. The van der Waals surface area contributed by atoms with Crippen molar-refractivity contribution in [1.82, 2.24) is 14.7 Å². The van der Waals surface area contributed by atoms with E-state index in [2.05, 4.69) is 10.3 Å². The number of nitrogens with one attached hydrogen (secondary N) is 1. The summed E-state index contributed by atoms with van der Waals surface area (Å²) in [5.41, 5.74) is 1.70. The maximum atomic E-state index is 11.6. The average Bonchev–Trinajstić information content (AvgIpc) is 2.79. The zero-order valence-corrected chi connectivity index (χ0v) is 12.2. The fourth-order valence-electron chi connectivity index (χ4n) is 1.76. The molecule has 2 heterocycles. The summed E-state index contributed by atoms with van der Waals surface area (Å²) >= 11 is 0. The topological polar surface area (TPSA) is 80.5 Å². The lowest BCUT2D eigenvalue weighted by Crippen LogP contribution is -2.38. The van der Waals surface area contributed by atoms with E-state index in [1.165, 1.54) is 6.92 Å². The number of nitrogens with zero attached hydrogens (tertiary/aromatic N) is 2. The number of carbonyl (C=O) groups is 1. The van der Waals surface area contributed by atoms with E-state index in [0.29, 0.717) is 13.0 Å². The largest absolute Gasteiger partial charge is 0.355 e. The van der Waals surface area contributed by atoms with Crippen LogP contribution >= 0.6 is 0 Å². The van der Waals surface area contributed by atoms with Gasteiger partial charge in [0.25, 0.3) is 0 Å². The fourth-order valence-corrected chi connectivity index (χ4v) is 2.23. The Kier molecular flexibility index (Phi) is 4.08. The van der Waals surface area contributed by atoms with E-state index >= 15 is 0 Å². The first-order chi connectivity index (χ1) is 9.38. The van der Waals surface area contributed by atoms with Gasteiger partial charge >= 0.3 is 0 Å². The third-order valence-electron chi connectivity index (χ3n) is 3.11. The molecule has 0 aliphatic heterocycles. The Morgan fingerprint density at radius 3 is 2.85 bits per heavy atom. The normalized spacial score (nSPS) is 13.3. The molecule has 0 unspecified atom stereocenters. The Hall–Kier alpha value is -1.89. The van der Waals surface area contributed by atoms with Crippen LogP contribution in [0, 0.1) is 0 Å². The van der Waals surface area contributed by atoms with Crippen LogP contribution in [0.5, 0.6) is 0 Å². The van der Waals surface area contributed by atoms with Gasteiger partial charge in [-0.25, -0.2) is 13.4 Å². The van der Waals surface area contributed by atoms with Gasteiger partial charge in [-0.3, -0.25) is 4.79 Å². The summed E-state index contributed by atoms with van der Waals surface area (Å²) in [6, 6.07) is 5.71. The summed E-state index contributed by atoms with van der Waals surface area (Å²) in [7, 11) is -3.35. The highest BCUT2D eigenvalue weighted by Crippen LogP contribution is 2.04. The Bertz CT molecular complexity index is 688. The van der Waals surface area contributed by atoms with E-state index in [4.69, 9.17) is 0 Å². The van der Waals surface area contributed by atoms with Crippen LogP contribution in [0.15, 0.2) is 30.6 Å². The van der Waals surface area contributed by atoms with Crippen LogP contribution in [-0.2, 0) is 21.1 Å². The van der Waals surface area contributed by atoms with E-state index in [0.717, 1.165) is 17.6 Å². The van der Waals surface area contributed by atoms with E-state index in [-0.39, 0.29) is 0 Å². The van der Waals surface area contributed by atoms with Crippen molar-refractivity contribution in [2.45, 2.75) is 18.6 Å². The van der Waals surface area contributed by atoms with Gasteiger partial charge in [-0.1, -0.05) is 6.07 Å². The second-order valence-electron chi connectivity index (χ2n) is 4.71. The van der Waals surface area contributed by atoms with Gasteiger partial charge in [0.1, 0.15) is 10.9 Å². The number of aromatic nitrogens is 2. The molecule has 6 nitrogen and oxygen atoms in total. The molecule has 0 aliphatic carbocycles. The highest BCUT2D eigenvalue weighted by Gasteiger charge is 2.22. The Morgan fingerprint density at radius 2 is 2.20 bits per heavy atom. The van der Waals surface area contributed by atoms with Crippen LogP contribution < -0.4 is 5.32 Å². The van der Waals surface area contributed by atoms with Gasteiger partial charge in [0.2, 0.25) is 5.91 Å². The molecule has 0 bridgehead atoms. The maximum absolute atomic E-state index is 11.6. The van der Waals surface area contributed by atoms with E-state index in [1.807, 2.05) is 35.0 Å². The highest BCUT2D eigenvalue weighted by molar-refractivity contribution is 7.92. The Balaban J connectivity index is 1.91. The van der Waals surface area contributed by atoms with Crippen molar-refractivity contribution in [2.24, 2.45) is 0 Å². The summed E-state index contributed by atoms with van der Waals surface area (Å²) in [5, 5.41) is 1.59. The highest BCUT2D eigenvalue weighted by atomic mass is 32.2. The molecule has 0 saturated carbocycles. The molecule has 0 aromatic carbocycles. The van der Waals surface area contributed by atoms with Gasteiger partial charge < -0.3 is 9.72 Å². The smallest absolute Gasteiger partial charge is 0.238 e. The predicted molar refractivity (Wildman–Crippen MR) is 76.2 cm³/mol. The lowest BCUT2D eigenvalue weighted by Gasteiger charge is -2.09. The van der Waals surface area contributed by atoms with Gasteiger partial charge in [-0.05, 0) is 19.1 Å². The number of fused-ring (bicyclic) bond motifs is 1. The summed E-state index contributed by atoms with van der Waals surface area (Å²) in [5.74, 6) is -0.476. The molecule has 20 heavy (non-hydrogen) atoms. The zero-order chi connectivity index (χ0) is 14.8. The molecule has 0 radical (unpaired) electrons. The lowest BCUT2D eigenvalue weighted by molar-refractivity contribution is -0.120. The molecule has 0 fully saturated rings. The molecule has 2 aromatic heterocycles. The van der Waals surface area contributed by atoms with Crippen molar-refractivity contribution in [2.75, 3.05) is 12.8 Å². The van der Waals surface area contributed by atoms with Crippen molar-refractivity contribution < 1.29 is 13.2 Å². The van der Waals surface area contributed by atoms with Crippen molar-refractivity contribution in [1.29, 1.82) is 0 Å². The minimum absolute atomic E-state index is 0.364. The molecule has 7 heteroatoms. The van der Waals surface area contributed by atoms with Crippen molar-refractivity contribution in [3.63, 3.8) is 0 Å². The van der Waals surface area contributed by atoms with E-state index in [1.54, 1.807) is 0 Å². The minimum Gasteiger partial charge on any atom is -0.355 e. The summed E-state index contributed by atoms with van der Waals surface area (Å²) in [6.45, 7) is 1.75. The maximum Gasteiger partial charge on any atom is 0.238 e. The minimum atomic E-state index is -3.35. The number of amides is 1. The monoisotopic (exact) mass is 295 g/mol. The van der Waals surface area contributed by atoms with E-state index < -0.39 is 21.0 Å². The van der Waals surface area contributed by atoms with Crippen LogP contribution in [0.25, 0.3) is 5.65 Å². The third-order valence-corrected chi connectivity index (χ3v) is 4.60. The molecular formula is C13H17N3O3S. The van der Waals surface area contributed by atoms with Gasteiger partial charge in [-0.2, -0.15) is 0 Å². The number of sulfone groups is 1. The molecule has 108 valence electrons. The number of imidazole rings is 1. The van der Waals surface area contributed by atoms with Gasteiger partial charge in [0.05, 0.1) is 5.69 Å². The molecular weight excluding hydrogens is 278 g/mol. The van der Waals surface area contributed by atoms with Crippen LogP contribution in [0.3, 0.4) is 0 Å². The first-order valence-electron chi connectivity index (χ1n) is 6.27. The fraction of sp³-hybridized carbons (Fsp3) is 0.385. The standard InChI is InChI=1S/C13H17N3O3S/c1-10(20(2,18)19)13(17)14-7-6-11-9-16-8-4-3-5-12(16)15-11/h3-5,8-10H,6-7H2,1-2H3,(H,14,17)/t10-/m1/s1. The molecule has 2 rings (SSSR count). The Morgan fingerprint density at radius 1 is 1.45 bits per heavy atom. The quantitative estimate of drug-likeness (QED) is 0.867. The van der Waals surface area contributed by atoms with Crippen LogP contribution in [0.1, 0.15) is 12.6 Å². The van der Waals surface area contributed by atoms with Crippen LogP contribution in [0.2, 0.25) is 0 Å². The average molecular weight is 295 g/mol. The number of rotatable bonds is 5. The Labute approximate surface area is 117 Å². The van der Waals surface area contributed by atoms with Gasteiger partial charge in [-0.15, -0.1) is 0 Å². The summed E-state index contributed by atoms with van der Waals surface area (Å²) in [4.78, 5) is 16.0. The number of pyridine rings is 1. The first-order valence-corrected chi connectivity index (χ1v) is 8.22. The van der Waals surface area contributed by atoms with Crippen molar-refractivity contribution >= 4 is 21.4 Å². The van der Waals surface area contributed by atoms with Crippen molar-refractivity contribution in [3.05, 3.63) is 36.3 Å². The van der Waals surface area contributed by atoms with Gasteiger partial charge in [0.15, 0.2) is 9.84 Å². The number of hydrogen-bond acceptors (Lipinski definition) is 4. The molecule has 1 N–H and O–H groups in total. The summed E-state index contributed by atoms with van der Waals surface area (Å²) in [6.07, 6.45) is 5.40. The van der Waals surface area contributed by atoms with Crippen LogP contribution in [-0.4, -0.2) is 41.8 Å². The molecule has 1 atom stereocenters. The molecule has 2 aromatic rings. The second-order valence-corrected chi connectivity index (χ2v) is 7.08. The third kappa shape index (κ3) is 3.36. The van der Waals surface area contributed by atoms with Gasteiger partial charge in [0, 0.05) is 31.6 Å². The molecule has 1 amide bonds. The van der Waals surface area contributed by atoms with Crippen molar-refractivity contribution in [3.8, 4) is 0 Å². The molecule has 0 saturated heterocycles. The molecule has 0 aliphatic rings. The molecule has 0 spiro atoms. The second kappa shape index (κ2) is 5.62. The SMILES string of the molecule is C[C@H](C(=O)NCCc1cn2ccccc2n1)S(C)(=O)=O. The zero-order valence-electron chi connectivity index (χ0n) is 11.4. The number of hydrogen-bond donors (Lipinski definition) is 1. The first kappa shape index (κ1) is 14.5. The van der Waals surface area contributed by atoms with E-state index in [9.17, 15) is 13.2 Å². The lowest BCUT2D eigenvalue weighted by atomic mass is 10.3. The predicted octanol–water partition coefficient (Wildman–Crippen LogP) is 0.426. The van der Waals surface area contributed by atoms with Crippen LogP contribution in [0.4, 0.5) is 0 Å².